The van der Waals surface area contributed by atoms with Gasteiger partial charge in [-0.05, 0) is 48.7 Å². The summed E-state index contributed by atoms with van der Waals surface area (Å²) in [6.07, 6.45) is 4.61. The van der Waals surface area contributed by atoms with Gasteiger partial charge in [0.15, 0.2) is 0 Å². The number of aromatic nitrogens is 3. The second-order valence-electron chi connectivity index (χ2n) is 9.99. The van der Waals surface area contributed by atoms with Crippen molar-refractivity contribution in [3.8, 4) is 17.4 Å². The maximum Gasteiger partial charge on any atom is 0.341 e. The molecule has 198 valence electrons. The van der Waals surface area contributed by atoms with E-state index < -0.39 is 11.4 Å². The highest BCUT2D eigenvalue weighted by Gasteiger charge is 2.42. The standard InChI is InChI=1S/C28H24ClN5O5/c29-21-3-5-25-32-27(21)39-14-17-8-15-12-33(17)22-10-23-19(9-18(15)22)26(35)20(28(36)37)13-34(23)16-2-4-24(31-11-16)30-6-1-7-38-25/h2-5,9-11,13,15,17H,1,6-8,12,14H2,(H,30,31)(H,36,37). The van der Waals surface area contributed by atoms with Crippen LogP contribution in [0, 0.1) is 0 Å². The second kappa shape index (κ2) is 9.16. The topological polar surface area (TPSA) is 119 Å². The number of anilines is 2. The Hall–Kier alpha value is -4.31. The average molecular weight is 546 g/mol. The minimum Gasteiger partial charge on any atom is -0.478 e. The van der Waals surface area contributed by atoms with Crippen LogP contribution in [0.1, 0.15) is 34.7 Å². The molecule has 0 radical (unpaired) electrons. The van der Waals surface area contributed by atoms with Crippen LogP contribution in [-0.2, 0) is 0 Å². The zero-order chi connectivity index (χ0) is 26.7. The summed E-state index contributed by atoms with van der Waals surface area (Å²) in [5.41, 5.74) is 2.58. The van der Waals surface area contributed by atoms with Gasteiger partial charge in [-0.1, -0.05) is 11.6 Å². The van der Waals surface area contributed by atoms with E-state index in [1.165, 1.54) is 6.20 Å². The first-order valence-electron chi connectivity index (χ1n) is 12.8. The third-order valence-electron chi connectivity index (χ3n) is 7.65. The molecule has 1 aromatic carbocycles. The number of aromatic carboxylic acids is 1. The summed E-state index contributed by atoms with van der Waals surface area (Å²) in [7, 11) is 0. The van der Waals surface area contributed by atoms with Crippen LogP contribution in [0.25, 0.3) is 16.6 Å². The highest BCUT2D eigenvalue weighted by molar-refractivity contribution is 6.31. The number of hydrogen-bond donors (Lipinski definition) is 2. The fourth-order valence-corrected chi connectivity index (χ4v) is 5.94. The van der Waals surface area contributed by atoms with Gasteiger partial charge >= 0.3 is 5.97 Å². The van der Waals surface area contributed by atoms with Gasteiger partial charge < -0.3 is 29.4 Å². The number of carbonyl (C=O) groups is 1. The fraction of sp³-hybridized carbons (Fsp3) is 0.286. The van der Waals surface area contributed by atoms with Crippen molar-refractivity contribution in [2.75, 3.05) is 36.5 Å². The number of fused-ring (bicyclic) bond motifs is 9. The Morgan fingerprint density at radius 2 is 2.08 bits per heavy atom. The predicted octanol–water partition coefficient (Wildman–Crippen LogP) is 4.08. The van der Waals surface area contributed by atoms with E-state index in [2.05, 4.69) is 20.2 Å². The average Bonchev–Trinajstić information content (AvgIpc) is 3.51. The second-order valence-corrected chi connectivity index (χ2v) is 10.4. The lowest BCUT2D eigenvalue weighted by atomic mass is 9.92. The Kier molecular flexibility index (Phi) is 5.59. The largest absolute Gasteiger partial charge is 0.478 e. The SMILES string of the molecule is O=C(O)c1cn2c3cc4c(cc3c1=O)C1CC(COc3nc(ccc3Cl)OCCCNc3ccc-2cn3)N4C1. The number of carboxylic acids is 1. The number of halogens is 1. The summed E-state index contributed by atoms with van der Waals surface area (Å²) in [6.45, 7) is 2.26. The van der Waals surface area contributed by atoms with Crippen LogP contribution in [0.2, 0.25) is 5.02 Å². The Balaban J connectivity index is 1.36. The third kappa shape index (κ3) is 4.02. The lowest BCUT2D eigenvalue weighted by molar-refractivity contribution is 0.0695. The quantitative estimate of drug-likeness (QED) is 0.364. The van der Waals surface area contributed by atoms with Crippen molar-refractivity contribution in [1.29, 1.82) is 0 Å². The van der Waals surface area contributed by atoms with Crippen LogP contribution < -0.4 is 25.1 Å². The molecule has 11 heteroatoms. The van der Waals surface area contributed by atoms with Crippen LogP contribution in [0.4, 0.5) is 11.5 Å². The molecule has 2 N–H and O–H groups in total. The molecule has 2 unspecified atom stereocenters. The van der Waals surface area contributed by atoms with Gasteiger partial charge in [0, 0.05) is 42.3 Å². The van der Waals surface area contributed by atoms with Crippen molar-refractivity contribution in [2.24, 2.45) is 0 Å². The first-order chi connectivity index (χ1) is 19.0. The van der Waals surface area contributed by atoms with E-state index in [1.807, 2.05) is 24.3 Å². The molecule has 2 atom stereocenters. The number of carboxylic acid groups (broad SMARTS) is 1. The Morgan fingerprint density at radius 3 is 2.90 bits per heavy atom. The Morgan fingerprint density at radius 1 is 1.18 bits per heavy atom. The highest BCUT2D eigenvalue weighted by atomic mass is 35.5. The molecule has 1 fully saturated rings. The van der Waals surface area contributed by atoms with Gasteiger partial charge in [-0.3, -0.25) is 4.79 Å². The lowest BCUT2D eigenvalue weighted by Crippen LogP contribution is -2.34. The summed E-state index contributed by atoms with van der Waals surface area (Å²) in [5, 5.41) is 13.8. The first kappa shape index (κ1) is 23.8. The van der Waals surface area contributed by atoms with Gasteiger partial charge in [0.1, 0.15) is 23.0 Å². The van der Waals surface area contributed by atoms with Crippen molar-refractivity contribution in [3.05, 3.63) is 75.2 Å². The summed E-state index contributed by atoms with van der Waals surface area (Å²) in [6, 6.07) is 11.1. The number of ether oxygens (including phenoxy) is 2. The third-order valence-corrected chi connectivity index (χ3v) is 7.94. The molecule has 8 rings (SSSR count). The van der Waals surface area contributed by atoms with Crippen LogP contribution in [0.3, 0.4) is 0 Å². The minimum atomic E-state index is -1.26. The molecule has 0 spiro atoms. The van der Waals surface area contributed by atoms with Gasteiger partial charge in [-0.15, -0.1) is 0 Å². The smallest absolute Gasteiger partial charge is 0.341 e. The molecule has 8 bridgehead atoms. The zero-order valence-corrected chi connectivity index (χ0v) is 21.5. The van der Waals surface area contributed by atoms with Crippen LogP contribution >= 0.6 is 11.6 Å². The van der Waals surface area contributed by atoms with Crippen LogP contribution in [0.15, 0.2) is 53.6 Å². The van der Waals surface area contributed by atoms with E-state index in [-0.39, 0.29) is 17.5 Å². The summed E-state index contributed by atoms with van der Waals surface area (Å²) >= 11 is 6.37. The van der Waals surface area contributed by atoms with Gasteiger partial charge in [-0.25, -0.2) is 9.78 Å². The molecule has 0 aliphatic carbocycles. The number of benzene rings is 1. The molecule has 7 heterocycles. The maximum absolute atomic E-state index is 13.2. The molecule has 4 aromatic rings. The number of nitrogens with zero attached hydrogens (tertiary/aromatic N) is 4. The van der Waals surface area contributed by atoms with Crippen molar-refractivity contribution >= 4 is 40.0 Å². The highest BCUT2D eigenvalue weighted by Crippen LogP contribution is 2.48. The lowest BCUT2D eigenvalue weighted by Gasteiger charge is -2.29. The van der Waals surface area contributed by atoms with Gasteiger partial charge in [0.2, 0.25) is 17.2 Å². The van der Waals surface area contributed by atoms with E-state index >= 15 is 0 Å². The Labute approximate surface area is 227 Å². The van der Waals surface area contributed by atoms with Crippen LogP contribution in [0.5, 0.6) is 11.8 Å². The van der Waals surface area contributed by atoms with Crippen molar-refractivity contribution in [2.45, 2.75) is 24.8 Å². The van der Waals surface area contributed by atoms with E-state index in [0.717, 1.165) is 24.2 Å². The fourth-order valence-electron chi connectivity index (χ4n) is 5.78. The monoisotopic (exact) mass is 545 g/mol. The molecule has 0 saturated carbocycles. The molecule has 4 aliphatic heterocycles. The molecule has 3 aromatic heterocycles. The maximum atomic E-state index is 13.2. The number of nitrogens with one attached hydrogen (secondary N) is 1. The number of hydrogen-bond acceptors (Lipinski definition) is 8. The molecular weight excluding hydrogens is 522 g/mol. The number of rotatable bonds is 1. The number of pyridine rings is 3. The van der Waals surface area contributed by atoms with Crippen LogP contribution in [-0.4, -0.2) is 58.0 Å². The molecular formula is C28H24ClN5O5. The first-order valence-corrected chi connectivity index (χ1v) is 13.2. The van der Waals surface area contributed by atoms with E-state index in [9.17, 15) is 14.7 Å². The predicted molar refractivity (Wildman–Crippen MR) is 146 cm³/mol. The van der Waals surface area contributed by atoms with Crippen molar-refractivity contribution < 1.29 is 19.4 Å². The van der Waals surface area contributed by atoms with E-state index in [1.54, 1.807) is 22.9 Å². The van der Waals surface area contributed by atoms with Gasteiger partial charge in [0.05, 0.1) is 30.0 Å². The summed E-state index contributed by atoms with van der Waals surface area (Å²) in [5.74, 6) is 0.412. The van der Waals surface area contributed by atoms with Crippen molar-refractivity contribution in [3.63, 3.8) is 0 Å². The molecule has 1 saturated heterocycles. The minimum absolute atomic E-state index is 0.0958. The van der Waals surface area contributed by atoms with Crippen molar-refractivity contribution in [1.82, 2.24) is 14.5 Å². The summed E-state index contributed by atoms with van der Waals surface area (Å²) in [4.78, 5) is 36.5. The molecule has 10 nitrogen and oxygen atoms in total. The molecule has 39 heavy (non-hydrogen) atoms. The normalized spacial score (nSPS) is 19.7. The van der Waals surface area contributed by atoms with Gasteiger partial charge in [0.25, 0.3) is 0 Å². The van der Waals surface area contributed by atoms with E-state index in [4.69, 9.17) is 21.1 Å². The van der Waals surface area contributed by atoms with E-state index in [0.29, 0.717) is 65.4 Å². The van der Waals surface area contributed by atoms with Gasteiger partial charge in [-0.2, -0.15) is 4.98 Å². The Bertz CT molecular complexity index is 1690. The molecule has 4 aliphatic rings. The molecule has 0 amide bonds. The zero-order valence-electron chi connectivity index (χ0n) is 20.8. The summed E-state index contributed by atoms with van der Waals surface area (Å²) < 4.78 is 13.6.